The topological polar surface area (TPSA) is 110 Å². The van der Waals surface area contributed by atoms with E-state index in [1.807, 2.05) is 6.92 Å². The van der Waals surface area contributed by atoms with Crippen molar-refractivity contribution < 1.29 is 34.1 Å². The smallest absolute Gasteiger partial charge is 0.302 e. The van der Waals surface area contributed by atoms with Gasteiger partial charge in [0, 0.05) is 31.1 Å². The lowest BCUT2D eigenvalue weighted by Gasteiger charge is -2.67. The van der Waals surface area contributed by atoms with Gasteiger partial charge in [0.15, 0.2) is 0 Å². The quantitative estimate of drug-likeness (QED) is 0.639. The summed E-state index contributed by atoms with van der Waals surface area (Å²) >= 11 is 0. The summed E-state index contributed by atoms with van der Waals surface area (Å²) < 4.78 is 11.7. The maximum atomic E-state index is 13.7. The summed E-state index contributed by atoms with van der Waals surface area (Å²) in [6.45, 7) is 10.8. The van der Waals surface area contributed by atoms with Crippen LogP contribution < -0.4 is 0 Å². The minimum absolute atomic E-state index is 0.0748. The number of Topliss-reactive ketones (excluding diaryl/α,β-unsaturated/α-hetero) is 1. The first-order valence-electron chi connectivity index (χ1n) is 11.5. The maximum Gasteiger partial charge on any atom is 0.302 e. The minimum atomic E-state index is -1.42. The molecule has 0 aromatic rings. The van der Waals surface area contributed by atoms with E-state index < -0.39 is 59.0 Å². The zero-order valence-corrected chi connectivity index (χ0v) is 19.4. The molecular weight excluding hydrogens is 400 g/mol. The number of esters is 2. The number of carbonyl (C=O) groups excluding carboxylic acids is 3. The van der Waals surface area contributed by atoms with Gasteiger partial charge in [0.25, 0.3) is 0 Å². The first-order valence-corrected chi connectivity index (χ1v) is 11.5. The number of aliphatic hydroxyl groups is 2. The number of carbonyl (C=O) groups is 3. The van der Waals surface area contributed by atoms with Gasteiger partial charge in [-0.2, -0.15) is 0 Å². The van der Waals surface area contributed by atoms with Gasteiger partial charge in [-0.1, -0.05) is 27.7 Å². The molecular formula is C24H36O7. The van der Waals surface area contributed by atoms with Gasteiger partial charge in [0.2, 0.25) is 0 Å². The number of ether oxygens (including phenoxy) is 2. The zero-order valence-electron chi connectivity index (χ0n) is 19.4. The molecule has 0 aliphatic heterocycles. The molecule has 0 aromatic carbocycles. The Morgan fingerprint density at radius 3 is 2.23 bits per heavy atom. The molecule has 0 radical (unpaired) electrons. The summed E-state index contributed by atoms with van der Waals surface area (Å²) in [7, 11) is 0. The first-order chi connectivity index (χ1) is 14.3. The van der Waals surface area contributed by atoms with E-state index in [-0.39, 0.29) is 23.0 Å². The van der Waals surface area contributed by atoms with Gasteiger partial charge in [-0.25, -0.2) is 0 Å². The van der Waals surface area contributed by atoms with Crippen LogP contribution in [0.4, 0.5) is 0 Å². The van der Waals surface area contributed by atoms with E-state index >= 15 is 0 Å². The fourth-order valence-corrected chi connectivity index (χ4v) is 8.41. The summed E-state index contributed by atoms with van der Waals surface area (Å²) in [5.74, 6) is -2.51. The number of fused-ring (bicyclic) bond motifs is 3. The number of hydrogen-bond acceptors (Lipinski definition) is 7. The van der Waals surface area contributed by atoms with Crippen LogP contribution in [-0.4, -0.2) is 52.4 Å². The van der Waals surface area contributed by atoms with E-state index in [0.29, 0.717) is 19.3 Å². The van der Waals surface area contributed by atoms with Crippen molar-refractivity contribution in [2.45, 2.75) is 91.6 Å². The molecule has 4 saturated carbocycles. The minimum Gasteiger partial charge on any atom is -0.462 e. The standard InChI is InChI=1S/C24H36O7/c1-11-14-9-15(30-12(2)25)19-23(6)16(10-17(27)24(19,20(11)28)21(14)29)22(4,5)8-7-18(23)31-13(3)26/h11,14-19,21,27,29H,7-10H2,1-6H3/t11-,14-,15+,16-,17-,18-,19-,21-,23+,24-/m1/s1. The fraction of sp³-hybridized carbons (Fsp3) is 0.875. The van der Waals surface area contributed by atoms with E-state index in [0.717, 1.165) is 6.42 Å². The van der Waals surface area contributed by atoms with E-state index in [4.69, 9.17) is 9.47 Å². The summed E-state index contributed by atoms with van der Waals surface area (Å²) in [4.78, 5) is 37.9. The number of hydrogen-bond donors (Lipinski definition) is 2. The predicted molar refractivity (Wildman–Crippen MR) is 111 cm³/mol. The number of rotatable bonds is 2. The van der Waals surface area contributed by atoms with Gasteiger partial charge in [0.05, 0.1) is 17.6 Å². The van der Waals surface area contributed by atoms with Crippen LogP contribution in [0.15, 0.2) is 0 Å². The van der Waals surface area contributed by atoms with Crippen LogP contribution in [0.2, 0.25) is 0 Å². The molecule has 4 aliphatic rings. The molecule has 2 N–H and O–H groups in total. The Morgan fingerprint density at radius 2 is 1.65 bits per heavy atom. The van der Waals surface area contributed by atoms with Crippen LogP contribution in [0, 0.1) is 39.9 Å². The van der Waals surface area contributed by atoms with Gasteiger partial charge in [-0.3, -0.25) is 14.4 Å². The van der Waals surface area contributed by atoms with E-state index in [2.05, 4.69) is 13.8 Å². The average Bonchev–Trinajstić information content (AvgIpc) is 2.76. The van der Waals surface area contributed by atoms with Crippen LogP contribution in [0.5, 0.6) is 0 Å². The van der Waals surface area contributed by atoms with Gasteiger partial charge in [-0.05, 0) is 42.9 Å². The molecule has 2 bridgehead atoms. The number of ketones is 1. The second kappa shape index (κ2) is 7.01. The van der Waals surface area contributed by atoms with Crippen molar-refractivity contribution in [3.63, 3.8) is 0 Å². The van der Waals surface area contributed by atoms with E-state index in [1.165, 1.54) is 13.8 Å². The SMILES string of the molecule is CC(=O)O[C@H]1C[C@H]2[C@@H](O)[C@]3(C(=O)[C@@H]2C)[C@H](O)C[C@@H]2C(C)(C)CC[C@@H](OC(C)=O)[C@@]2(C)[C@@H]13. The Hall–Kier alpha value is -1.47. The summed E-state index contributed by atoms with van der Waals surface area (Å²) in [6.07, 6.45) is -1.03. The fourth-order valence-electron chi connectivity index (χ4n) is 8.41. The Balaban J connectivity index is 1.96. The third-order valence-electron chi connectivity index (χ3n) is 9.51. The molecule has 0 amide bonds. The second-order valence-corrected chi connectivity index (χ2v) is 11.4. The van der Waals surface area contributed by atoms with Crippen LogP contribution in [-0.2, 0) is 23.9 Å². The first kappa shape index (κ1) is 22.7. The third kappa shape index (κ3) is 2.81. The molecule has 7 heteroatoms. The highest BCUT2D eigenvalue weighted by atomic mass is 16.6. The van der Waals surface area contributed by atoms with Crippen LogP contribution in [0.1, 0.15) is 67.2 Å². The molecule has 0 unspecified atom stereocenters. The molecule has 4 rings (SSSR count). The van der Waals surface area contributed by atoms with Crippen LogP contribution >= 0.6 is 0 Å². The molecule has 31 heavy (non-hydrogen) atoms. The highest BCUT2D eigenvalue weighted by molar-refractivity contribution is 5.92. The van der Waals surface area contributed by atoms with Gasteiger partial charge >= 0.3 is 11.9 Å². The molecule has 4 fully saturated rings. The molecule has 7 nitrogen and oxygen atoms in total. The Morgan fingerprint density at radius 1 is 1.03 bits per heavy atom. The van der Waals surface area contributed by atoms with Crippen molar-refractivity contribution in [2.24, 2.45) is 39.9 Å². The van der Waals surface area contributed by atoms with Crippen molar-refractivity contribution in [1.82, 2.24) is 0 Å². The van der Waals surface area contributed by atoms with Crippen LogP contribution in [0.3, 0.4) is 0 Å². The zero-order chi connectivity index (χ0) is 23.1. The summed E-state index contributed by atoms with van der Waals surface area (Å²) in [6, 6.07) is 0. The highest BCUT2D eigenvalue weighted by Crippen LogP contribution is 2.71. The maximum absolute atomic E-state index is 13.7. The van der Waals surface area contributed by atoms with Gasteiger partial charge in [-0.15, -0.1) is 0 Å². The largest absolute Gasteiger partial charge is 0.462 e. The van der Waals surface area contributed by atoms with E-state index in [1.54, 1.807) is 6.92 Å². The lowest BCUT2D eigenvalue weighted by molar-refractivity contribution is -0.279. The van der Waals surface area contributed by atoms with Gasteiger partial charge in [0.1, 0.15) is 18.0 Å². The molecule has 0 saturated heterocycles. The highest BCUT2D eigenvalue weighted by Gasteiger charge is 2.78. The second-order valence-electron chi connectivity index (χ2n) is 11.4. The molecule has 10 atom stereocenters. The molecule has 174 valence electrons. The van der Waals surface area contributed by atoms with Gasteiger partial charge < -0.3 is 19.7 Å². The molecule has 4 aliphatic carbocycles. The molecule has 0 aromatic heterocycles. The Kier molecular flexibility index (Phi) is 5.14. The van der Waals surface area contributed by atoms with Crippen molar-refractivity contribution in [1.29, 1.82) is 0 Å². The third-order valence-corrected chi connectivity index (χ3v) is 9.51. The number of aliphatic hydroxyl groups excluding tert-OH is 2. The lowest BCUT2D eigenvalue weighted by Crippen LogP contribution is -2.73. The summed E-state index contributed by atoms with van der Waals surface area (Å²) in [5.41, 5.74) is -2.33. The van der Waals surface area contributed by atoms with Crippen molar-refractivity contribution in [3.8, 4) is 0 Å². The van der Waals surface area contributed by atoms with E-state index in [9.17, 15) is 24.6 Å². The van der Waals surface area contributed by atoms with Crippen molar-refractivity contribution >= 4 is 17.7 Å². The summed E-state index contributed by atoms with van der Waals surface area (Å²) in [5, 5.41) is 22.9. The predicted octanol–water partition coefficient (Wildman–Crippen LogP) is 2.26. The Bertz CT molecular complexity index is 806. The lowest BCUT2D eigenvalue weighted by atomic mass is 9.38. The Labute approximate surface area is 183 Å². The van der Waals surface area contributed by atoms with Crippen molar-refractivity contribution in [3.05, 3.63) is 0 Å². The van der Waals surface area contributed by atoms with Crippen LogP contribution in [0.25, 0.3) is 0 Å². The molecule has 0 heterocycles. The molecule has 1 spiro atoms. The monoisotopic (exact) mass is 436 g/mol. The van der Waals surface area contributed by atoms with Crippen molar-refractivity contribution in [2.75, 3.05) is 0 Å². The normalized spacial score (nSPS) is 50.3. The average molecular weight is 437 g/mol.